The van der Waals surface area contributed by atoms with Crippen LogP contribution >= 0.6 is 0 Å². The van der Waals surface area contributed by atoms with E-state index in [-0.39, 0.29) is 17.1 Å². The molecular formula is C28H23NO4. The van der Waals surface area contributed by atoms with E-state index < -0.39 is 6.04 Å². The molecule has 164 valence electrons. The first-order valence-electron chi connectivity index (χ1n) is 10.8. The van der Waals surface area contributed by atoms with E-state index in [1.54, 1.807) is 11.0 Å². The number of aryl methyl sites for hydroxylation is 2. The van der Waals surface area contributed by atoms with Crippen molar-refractivity contribution in [2.45, 2.75) is 19.9 Å². The zero-order chi connectivity index (χ0) is 23.1. The first kappa shape index (κ1) is 20.8. The molecule has 1 atom stereocenters. The molecule has 0 spiro atoms. The Hall–Kier alpha value is -4.12. The lowest BCUT2D eigenvalue weighted by molar-refractivity contribution is 0.0971. The molecule has 5 nitrogen and oxygen atoms in total. The van der Waals surface area contributed by atoms with Crippen LogP contribution in [0.25, 0.3) is 11.0 Å². The smallest absolute Gasteiger partial charge is 0.295 e. The van der Waals surface area contributed by atoms with Crippen LogP contribution in [-0.2, 0) is 0 Å². The SMILES string of the molecule is C=CCOc1cccc(C2c3c(oc4cc(C)c(C)cc4c3=O)C(=O)N2c2ccccc2)c1. The molecule has 5 rings (SSSR count). The van der Waals surface area contributed by atoms with E-state index >= 15 is 0 Å². The predicted molar refractivity (Wildman–Crippen MR) is 129 cm³/mol. The lowest BCUT2D eigenvalue weighted by atomic mass is 9.97. The molecule has 0 fully saturated rings. The number of para-hydroxylation sites is 1. The van der Waals surface area contributed by atoms with Crippen LogP contribution in [0.4, 0.5) is 5.69 Å². The standard InChI is InChI=1S/C28H23NO4/c1-4-13-32-21-12-8-9-19(16-21)25-24-26(30)22-14-17(2)18(3)15-23(22)33-27(24)28(31)29(25)20-10-6-5-7-11-20/h4-12,14-16,25H,1,13H2,2-3H3. The van der Waals surface area contributed by atoms with Gasteiger partial charge in [-0.25, -0.2) is 0 Å². The molecule has 1 aliphatic heterocycles. The van der Waals surface area contributed by atoms with E-state index in [0.717, 1.165) is 16.7 Å². The molecule has 3 aromatic carbocycles. The normalized spacial score (nSPS) is 15.0. The van der Waals surface area contributed by atoms with Gasteiger partial charge in [0.15, 0.2) is 5.43 Å². The molecule has 0 saturated carbocycles. The monoisotopic (exact) mass is 437 g/mol. The Morgan fingerprint density at radius 3 is 2.52 bits per heavy atom. The van der Waals surface area contributed by atoms with Crippen LogP contribution in [0.1, 0.15) is 38.9 Å². The van der Waals surface area contributed by atoms with Gasteiger partial charge in [0, 0.05) is 5.69 Å². The summed E-state index contributed by atoms with van der Waals surface area (Å²) in [4.78, 5) is 29.0. The van der Waals surface area contributed by atoms with E-state index in [0.29, 0.717) is 34.6 Å². The van der Waals surface area contributed by atoms with Crippen molar-refractivity contribution in [3.05, 3.63) is 118 Å². The highest BCUT2D eigenvalue weighted by molar-refractivity contribution is 6.10. The zero-order valence-corrected chi connectivity index (χ0v) is 18.5. The van der Waals surface area contributed by atoms with E-state index in [1.165, 1.54) is 0 Å². The van der Waals surface area contributed by atoms with Crippen molar-refractivity contribution in [1.82, 2.24) is 0 Å². The second-order valence-corrected chi connectivity index (χ2v) is 8.19. The number of amides is 1. The van der Waals surface area contributed by atoms with Crippen molar-refractivity contribution >= 4 is 22.6 Å². The molecule has 1 aliphatic rings. The van der Waals surface area contributed by atoms with Gasteiger partial charge in [-0.2, -0.15) is 0 Å². The fraction of sp³-hybridized carbons (Fsp3) is 0.143. The molecule has 2 heterocycles. The summed E-state index contributed by atoms with van der Waals surface area (Å²) in [5.41, 5.74) is 4.03. The van der Waals surface area contributed by atoms with E-state index in [4.69, 9.17) is 9.15 Å². The Morgan fingerprint density at radius 2 is 1.76 bits per heavy atom. The van der Waals surface area contributed by atoms with E-state index in [2.05, 4.69) is 6.58 Å². The average Bonchev–Trinajstić information content (AvgIpc) is 3.12. The van der Waals surface area contributed by atoms with Gasteiger partial charge in [-0.1, -0.05) is 43.0 Å². The summed E-state index contributed by atoms with van der Waals surface area (Å²) in [5, 5.41) is 0.476. The van der Waals surface area contributed by atoms with Crippen molar-refractivity contribution in [2.75, 3.05) is 11.5 Å². The van der Waals surface area contributed by atoms with Gasteiger partial charge in [0.25, 0.3) is 5.91 Å². The summed E-state index contributed by atoms with van der Waals surface area (Å²) >= 11 is 0. The Balaban J connectivity index is 1.78. The molecular weight excluding hydrogens is 414 g/mol. The lowest BCUT2D eigenvalue weighted by Crippen LogP contribution is -2.29. The van der Waals surface area contributed by atoms with Crippen molar-refractivity contribution in [3.8, 4) is 5.75 Å². The summed E-state index contributed by atoms with van der Waals surface area (Å²) in [5.74, 6) is 0.385. The minimum Gasteiger partial charge on any atom is -0.490 e. The van der Waals surface area contributed by atoms with Crippen LogP contribution in [0.15, 0.2) is 88.6 Å². The van der Waals surface area contributed by atoms with Gasteiger partial charge >= 0.3 is 0 Å². The number of anilines is 1. The third kappa shape index (κ3) is 3.42. The second-order valence-electron chi connectivity index (χ2n) is 8.19. The average molecular weight is 437 g/mol. The first-order valence-corrected chi connectivity index (χ1v) is 10.8. The number of carbonyl (C=O) groups is 1. The third-order valence-electron chi connectivity index (χ3n) is 6.06. The third-order valence-corrected chi connectivity index (χ3v) is 6.06. The predicted octanol–water partition coefficient (Wildman–Crippen LogP) is 5.72. The van der Waals surface area contributed by atoms with Crippen LogP contribution < -0.4 is 15.1 Å². The summed E-state index contributed by atoms with van der Waals surface area (Å²) in [7, 11) is 0. The molecule has 0 N–H and O–H groups in total. The van der Waals surface area contributed by atoms with E-state index in [1.807, 2.05) is 80.6 Å². The number of hydrogen-bond donors (Lipinski definition) is 0. The fourth-order valence-corrected chi connectivity index (χ4v) is 4.33. The summed E-state index contributed by atoms with van der Waals surface area (Å²) in [6, 6.07) is 19.8. The van der Waals surface area contributed by atoms with Crippen LogP contribution in [0.5, 0.6) is 5.75 Å². The molecule has 0 radical (unpaired) electrons. The van der Waals surface area contributed by atoms with Gasteiger partial charge < -0.3 is 9.15 Å². The Bertz CT molecular complexity index is 1450. The van der Waals surface area contributed by atoms with Crippen LogP contribution in [0, 0.1) is 13.8 Å². The van der Waals surface area contributed by atoms with Gasteiger partial charge in [-0.05, 0) is 66.9 Å². The molecule has 33 heavy (non-hydrogen) atoms. The highest BCUT2D eigenvalue weighted by Crippen LogP contribution is 2.42. The van der Waals surface area contributed by atoms with Crippen molar-refractivity contribution in [2.24, 2.45) is 0 Å². The van der Waals surface area contributed by atoms with Crippen molar-refractivity contribution in [3.63, 3.8) is 0 Å². The van der Waals surface area contributed by atoms with Crippen molar-refractivity contribution in [1.29, 1.82) is 0 Å². The molecule has 0 saturated heterocycles. The molecule has 5 heteroatoms. The largest absolute Gasteiger partial charge is 0.490 e. The van der Waals surface area contributed by atoms with Crippen molar-refractivity contribution < 1.29 is 13.9 Å². The number of ether oxygens (including phenoxy) is 1. The highest BCUT2D eigenvalue weighted by Gasteiger charge is 2.43. The topological polar surface area (TPSA) is 59.8 Å². The molecule has 4 aromatic rings. The fourth-order valence-electron chi connectivity index (χ4n) is 4.33. The maximum absolute atomic E-state index is 13.8. The van der Waals surface area contributed by atoms with Gasteiger partial charge in [0.1, 0.15) is 17.9 Å². The van der Waals surface area contributed by atoms with Gasteiger partial charge in [0.2, 0.25) is 5.76 Å². The maximum Gasteiger partial charge on any atom is 0.295 e. The Morgan fingerprint density at radius 1 is 1.00 bits per heavy atom. The van der Waals surface area contributed by atoms with Crippen LogP contribution in [0.2, 0.25) is 0 Å². The Labute approximate surface area is 191 Å². The quantitative estimate of drug-likeness (QED) is 0.375. The number of nitrogens with zero attached hydrogens (tertiary/aromatic N) is 1. The second kappa shape index (κ2) is 8.10. The number of hydrogen-bond acceptors (Lipinski definition) is 4. The summed E-state index contributed by atoms with van der Waals surface area (Å²) in [6.07, 6.45) is 1.67. The zero-order valence-electron chi connectivity index (χ0n) is 18.5. The summed E-state index contributed by atoms with van der Waals surface area (Å²) in [6.45, 7) is 7.96. The minimum absolute atomic E-state index is 0.0852. The summed E-state index contributed by atoms with van der Waals surface area (Å²) < 4.78 is 11.8. The van der Waals surface area contributed by atoms with Gasteiger partial charge in [-0.15, -0.1) is 0 Å². The molecule has 1 aromatic heterocycles. The minimum atomic E-state index is -0.635. The van der Waals surface area contributed by atoms with E-state index in [9.17, 15) is 9.59 Å². The maximum atomic E-state index is 13.8. The molecule has 0 bridgehead atoms. The number of carbonyl (C=O) groups excluding carboxylic acids is 1. The van der Waals surface area contributed by atoms with Crippen LogP contribution in [-0.4, -0.2) is 12.5 Å². The van der Waals surface area contributed by atoms with Gasteiger partial charge in [-0.3, -0.25) is 14.5 Å². The lowest BCUT2D eigenvalue weighted by Gasteiger charge is -2.25. The highest BCUT2D eigenvalue weighted by atomic mass is 16.5. The van der Waals surface area contributed by atoms with Gasteiger partial charge in [0.05, 0.1) is 17.0 Å². The molecule has 1 unspecified atom stereocenters. The Kier molecular flexibility index (Phi) is 5.09. The molecule has 1 amide bonds. The first-order chi connectivity index (χ1) is 16.0. The number of fused-ring (bicyclic) bond motifs is 2. The number of benzene rings is 3. The molecule has 0 aliphatic carbocycles. The number of rotatable bonds is 5. The van der Waals surface area contributed by atoms with Crippen LogP contribution in [0.3, 0.4) is 0 Å².